The molecule has 0 spiro atoms. The number of ether oxygens (including phenoxy) is 1. The molecule has 5 heteroatoms. The molecule has 2 amide bonds. The van der Waals surface area contributed by atoms with E-state index < -0.39 is 5.54 Å². The highest BCUT2D eigenvalue weighted by Gasteiger charge is 2.34. The second kappa shape index (κ2) is 7.49. The van der Waals surface area contributed by atoms with Gasteiger partial charge in [0, 0.05) is 5.69 Å². The number of urea groups is 1. The summed E-state index contributed by atoms with van der Waals surface area (Å²) in [5, 5.41) is 15.3. The third-order valence-electron chi connectivity index (χ3n) is 4.16. The molecule has 0 saturated heterocycles. The lowest BCUT2D eigenvalue weighted by molar-refractivity contribution is 0.167. The Labute approximate surface area is 132 Å². The van der Waals surface area contributed by atoms with Gasteiger partial charge in [-0.3, -0.25) is 0 Å². The number of hydrogen-bond donors (Lipinski definition) is 3. The van der Waals surface area contributed by atoms with Crippen molar-refractivity contribution in [1.82, 2.24) is 5.32 Å². The summed E-state index contributed by atoms with van der Waals surface area (Å²) in [7, 11) is 0. The first-order chi connectivity index (χ1) is 10.6. The smallest absolute Gasteiger partial charge is 0.319 e. The van der Waals surface area contributed by atoms with Crippen LogP contribution in [-0.4, -0.2) is 29.9 Å². The van der Waals surface area contributed by atoms with E-state index in [1.165, 1.54) is 0 Å². The second-order valence-electron chi connectivity index (χ2n) is 6.05. The van der Waals surface area contributed by atoms with Crippen molar-refractivity contribution in [3.63, 3.8) is 0 Å². The van der Waals surface area contributed by atoms with E-state index in [1.807, 2.05) is 25.1 Å². The highest BCUT2D eigenvalue weighted by atomic mass is 16.5. The SMILES string of the molecule is CCCOc1ccc(NC(=O)NC2(CO)CCCC2)c(C)c1. The van der Waals surface area contributed by atoms with Crippen LogP contribution in [0.4, 0.5) is 10.5 Å². The number of benzene rings is 1. The molecule has 1 aliphatic carbocycles. The summed E-state index contributed by atoms with van der Waals surface area (Å²) < 4.78 is 5.58. The van der Waals surface area contributed by atoms with Crippen molar-refractivity contribution in [2.45, 2.75) is 51.5 Å². The van der Waals surface area contributed by atoms with Gasteiger partial charge in [0.15, 0.2) is 0 Å². The van der Waals surface area contributed by atoms with Crippen molar-refractivity contribution in [1.29, 1.82) is 0 Å². The van der Waals surface area contributed by atoms with Crippen LogP contribution >= 0.6 is 0 Å². The van der Waals surface area contributed by atoms with Crippen LogP contribution in [-0.2, 0) is 0 Å². The summed E-state index contributed by atoms with van der Waals surface area (Å²) in [6.45, 7) is 4.67. The lowest BCUT2D eigenvalue weighted by atomic mass is 9.99. The molecule has 1 fully saturated rings. The Morgan fingerprint density at radius 3 is 2.68 bits per heavy atom. The van der Waals surface area contributed by atoms with Crippen LogP contribution < -0.4 is 15.4 Å². The number of carbonyl (C=O) groups excluding carboxylic acids is 1. The standard InChI is InChI=1S/C17H26N2O3/c1-3-10-22-14-6-7-15(13(2)11-14)18-16(21)19-17(12-20)8-4-5-9-17/h6-7,11,20H,3-5,8-10,12H2,1-2H3,(H2,18,19,21). The number of nitrogens with one attached hydrogen (secondary N) is 2. The Balaban J connectivity index is 1.96. The first-order valence-corrected chi connectivity index (χ1v) is 8.02. The number of aliphatic hydroxyl groups excluding tert-OH is 1. The van der Waals surface area contributed by atoms with Gasteiger partial charge in [-0.1, -0.05) is 19.8 Å². The predicted molar refractivity (Wildman–Crippen MR) is 87.4 cm³/mol. The number of anilines is 1. The maximum absolute atomic E-state index is 12.2. The van der Waals surface area contributed by atoms with Crippen LogP contribution in [0.5, 0.6) is 5.75 Å². The third kappa shape index (κ3) is 4.13. The van der Waals surface area contributed by atoms with Crippen LogP contribution in [0.25, 0.3) is 0 Å². The fourth-order valence-corrected chi connectivity index (χ4v) is 2.85. The van der Waals surface area contributed by atoms with Gasteiger partial charge in [-0.2, -0.15) is 0 Å². The molecular weight excluding hydrogens is 280 g/mol. The number of aliphatic hydroxyl groups is 1. The molecule has 1 aliphatic rings. The van der Waals surface area contributed by atoms with Gasteiger partial charge in [0.05, 0.1) is 18.8 Å². The van der Waals surface area contributed by atoms with E-state index in [-0.39, 0.29) is 12.6 Å². The van der Waals surface area contributed by atoms with E-state index in [4.69, 9.17) is 4.74 Å². The van der Waals surface area contributed by atoms with Crippen molar-refractivity contribution in [2.24, 2.45) is 0 Å². The van der Waals surface area contributed by atoms with Crippen molar-refractivity contribution in [3.8, 4) is 5.75 Å². The third-order valence-corrected chi connectivity index (χ3v) is 4.16. The van der Waals surface area contributed by atoms with E-state index in [2.05, 4.69) is 17.6 Å². The fourth-order valence-electron chi connectivity index (χ4n) is 2.85. The molecule has 0 aliphatic heterocycles. The molecule has 1 aromatic rings. The molecule has 1 aromatic carbocycles. The topological polar surface area (TPSA) is 70.6 Å². The number of amides is 2. The predicted octanol–water partition coefficient (Wildman–Crippen LogP) is 3.21. The first-order valence-electron chi connectivity index (χ1n) is 8.02. The lowest BCUT2D eigenvalue weighted by Crippen LogP contribution is -2.50. The summed E-state index contributed by atoms with van der Waals surface area (Å²) in [4.78, 5) is 12.2. The fraction of sp³-hybridized carbons (Fsp3) is 0.588. The van der Waals surface area contributed by atoms with Gasteiger partial charge in [-0.15, -0.1) is 0 Å². The average molecular weight is 306 g/mol. The molecule has 0 unspecified atom stereocenters. The normalized spacial score (nSPS) is 16.3. The van der Waals surface area contributed by atoms with Gasteiger partial charge < -0.3 is 20.5 Å². The molecule has 5 nitrogen and oxygen atoms in total. The molecule has 1 saturated carbocycles. The van der Waals surface area contributed by atoms with Gasteiger partial charge in [0.25, 0.3) is 0 Å². The van der Waals surface area contributed by atoms with Crippen molar-refractivity contribution < 1.29 is 14.6 Å². The van der Waals surface area contributed by atoms with Crippen LogP contribution in [0.1, 0.15) is 44.6 Å². The van der Waals surface area contributed by atoms with Crippen LogP contribution in [0, 0.1) is 6.92 Å². The molecule has 0 atom stereocenters. The van der Waals surface area contributed by atoms with E-state index in [9.17, 15) is 9.90 Å². The maximum Gasteiger partial charge on any atom is 0.319 e. The molecule has 2 rings (SSSR count). The van der Waals surface area contributed by atoms with Crippen LogP contribution in [0.2, 0.25) is 0 Å². The molecule has 0 radical (unpaired) electrons. The minimum Gasteiger partial charge on any atom is -0.494 e. The Bertz CT molecular complexity index is 511. The van der Waals surface area contributed by atoms with Gasteiger partial charge in [-0.05, 0) is 49.9 Å². The highest BCUT2D eigenvalue weighted by molar-refractivity contribution is 5.90. The number of hydrogen-bond acceptors (Lipinski definition) is 3. The number of aryl methyl sites for hydroxylation is 1. The number of carbonyl (C=O) groups is 1. The largest absolute Gasteiger partial charge is 0.494 e. The Morgan fingerprint density at radius 2 is 2.09 bits per heavy atom. The zero-order valence-electron chi connectivity index (χ0n) is 13.4. The van der Waals surface area contributed by atoms with Crippen LogP contribution in [0.15, 0.2) is 18.2 Å². The monoisotopic (exact) mass is 306 g/mol. The molecule has 0 aromatic heterocycles. The Morgan fingerprint density at radius 1 is 1.36 bits per heavy atom. The Kier molecular flexibility index (Phi) is 5.66. The first kappa shape index (κ1) is 16.6. The Hall–Kier alpha value is -1.75. The average Bonchev–Trinajstić information content (AvgIpc) is 2.96. The van der Waals surface area contributed by atoms with Crippen molar-refractivity contribution >= 4 is 11.7 Å². The van der Waals surface area contributed by atoms with Gasteiger partial charge in [0.1, 0.15) is 5.75 Å². The van der Waals surface area contributed by atoms with Gasteiger partial charge in [-0.25, -0.2) is 4.79 Å². The molecule has 3 N–H and O–H groups in total. The quantitative estimate of drug-likeness (QED) is 0.756. The zero-order chi connectivity index (χ0) is 16.0. The summed E-state index contributed by atoms with van der Waals surface area (Å²) in [6, 6.07) is 5.36. The van der Waals surface area contributed by atoms with Gasteiger partial charge in [0.2, 0.25) is 0 Å². The minimum atomic E-state index is -0.456. The second-order valence-corrected chi connectivity index (χ2v) is 6.05. The van der Waals surface area contributed by atoms with E-state index >= 15 is 0 Å². The van der Waals surface area contributed by atoms with Crippen molar-refractivity contribution in [3.05, 3.63) is 23.8 Å². The summed E-state index contributed by atoms with van der Waals surface area (Å²) >= 11 is 0. The van der Waals surface area contributed by atoms with E-state index in [1.54, 1.807) is 0 Å². The minimum absolute atomic E-state index is 0.0107. The lowest BCUT2D eigenvalue weighted by Gasteiger charge is -2.28. The van der Waals surface area contributed by atoms with E-state index in [0.29, 0.717) is 6.61 Å². The summed E-state index contributed by atoms with van der Waals surface area (Å²) in [6.07, 6.45) is 4.72. The highest BCUT2D eigenvalue weighted by Crippen LogP contribution is 2.29. The zero-order valence-corrected chi connectivity index (χ0v) is 13.4. The summed E-state index contributed by atoms with van der Waals surface area (Å²) in [5.41, 5.74) is 1.25. The van der Waals surface area contributed by atoms with Crippen molar-refractivity contribution in [2.75, 3.05) is 18.5 Å². The molecule has 0 heterocycles. The molecule has 22 heavy (non-hydrogen) atoms. The number of rotatable bonds is 6. The summed E-state index contributed by atoms with van der Waals surface area (Å²) in [5.74, 6) is 0.813. The molecule has 122 valence electrons. The molecule has 0 bridgehead atoms. The maximum atomic E-state index is 12.2. The molecular formula is C17H26N2O3. The van der Waals surface area contributed by atoms with E-state index in [0.717, 1.165) is 49.1 Å². The van der Waals surface area contributed by atoms with Crippen LogP contribution in [0.3, 0.4) is 0 Å². The van der Waals surface area contributed by atoms with Gasteiger partial charge >= 0.3 is 6.03 Å².